The molecule has 1 amide bonds. The van der Waals surface area contributed by atoms with E-state index in [0.29, 0.717) is 23.9 Å². The summed E-state index contributed by atoms with van der Waals surface area (Å²) in [5.74, 6) is -0.521. The highest BCUT2D eigenvalue weighted by molar-refractivity contribution is 5.96. The second kappa shape index (κ2) is 7.80. The highest BCUT2D eigenvalue weighted by Crippen LogP contribution is 2.28. The number of aryl methyl sites for hydroxylation is 2. The van der Waals surface area contributed by atoms with Crippen molar-refractivity contribution < 1.29 is 14.3 Å². The molecule has 2 heterocycles. The number of ether oxygens (including phenoxy) is 1. The van der Waals surface area contributed by atoms with Crippen LogP contribution in [0.3, 0.4) is 0 Å². The number of carbonyl (C=O) groups is 2. The molecule has 0 unspecified atom stereocenters. The van der Waals surface area contributed by atoms with Gasteiger partial charge in [0, 0.05) is 18.8 Å². The molecule has 2 aromatic heterocycles. The Labute approximate surface area is 162 Å². The summed E-state index contributed by atoms with van der Waals surface area (Å²) in [5.41, 5.74) is 3.19. The molecule has 0 aliphatic heterocycles. The molecule has 1 fully saturated rings. The molecule has 0 saturated heterocycles. The van der Waals surface area contributed by atoms with Gasteiger partial charge in [0.2, 0.25) is 0 Å². The zero-order valence-electron chi connectivity index (χ0n) is 15.7. The molecule has 1 saturated carbocycles. The lowest BCUT2D eigenvalue weighted by Gasteiger charge is -2.33. The van der Waals surface area contributed by atoms with Crippen LogP contribution in [0.2, 0.25) is 0 Å². The Morgan fingerprint density at radius 3 is 2.75 bits per heavy atom. The van der Waals surface area contributed by atoms with Gasteiger partial charge in [0.25, 0.3) is 5.91 Å². The number of imidazole rings is 1. The molecular formula is C21H22N4O3. The van der Waals surface area contributed by atoms with Gasteiger partial charge in [0.1, 0.15) is 5.52 Å². The van der Waals surface area contributed by atoms with Gasteiger partial charge in [-0.2, -0.15) is 0 Å². The van der Waals surface area contributed by atoms with Crippen LogP contribution in [0.5, 0.6) is 0 Å². The minimum absolute atomic E-state index is 0.00396. The number of hydrogen-bond acceptors (Lipinski definition) is 5. The van der Waals surface area contributed by atoms with Crippen LogP contribution in [-0.4, -0.2) is 39.6 Å². The molecule has 28 heavy (non-hydrogen) atoms. The number of carbonyl (C=O) groups excluding carboxylic acids is 2. The predicted octanol–water partition coefficient (Wildman–Crippen LogP) is 2.36. The number of pyridine rings is 1. The zero-order valence-corrected chi connectivity index (χ0v) is 15.7. The van der Waals surface area contributed by atoms with Gasteiger partial charge < -0.3 is 14.6 Å². The van der Waals surface area contributed by atoms with Gasteiger partial charge in [-0.25, -0.2) is 9.97 Å². The van der Waals surface area contributed by atoms with E-state index in [-0.39, 0.29) is 23.8 Å². The lowest BCUT2D eigenvalue weighted by Crippen LogP contribution is -2.47. The van der Waals surface area contributed by atoms with Crippen molar-refractivity contribution in [3.63, 3.8) is 0 Å². The van der Waals surface area contributed by atoms with E-state index in [1.165, 1.54) is 12.7 Å². The second-order valence-corrected chi connectivity index (χ2v) is 7.10. The number of nitrogens with one attached hydrogen (secondary N) is 1. The highest BCUT2D eigenvalue weighted by Gasteiger charge is 2.36. The summed E-state index contributed by atoms with van der Waals surface area (Å²) in [4.78, 5) is 32.7. The van der Waals surface area contributed by atoms with Crippen molar-refractivity contribution in [3.8, 4) is 0 Å². The van der Waals surface area contributed by atoms with E-state index in [1.54, 1.807) is 18.6 Å². The fraction of sp³-hybridized carbons (Fsp3) is 0.333. The van der Waals surface area contributed by atoms with Crippen LogP contribution >= 0.6 is 0 Å². The fourth-order valence-corrected chi connectivity index (χ4v) is 3.49. The van der Waals surface area contributed by atoms with Gasteiger partial charge in [-0.1, -0.05) is 30.3 Å². The smallest absolute Gasteiger partial charge is 0.308 e. The molecule has 0 radical (unpaired) electrons. The van der Waals surface area contributed by atoms with E-state index in [2.05, 4.69) is 27.4 Å². The topological polar surface area (TPSA) is 86.1 Å². The second-order valence-electron chi connectivity index (χ2n) is 7.10. The SMILES string of the molecule is COC(=O)C1CC(NC(=O)c2cnc3c(c2)ncn3CCc2ccccc2)C1. The third kappa shape index (κ3) is 3.74. The molecule has 7 nitrogen and oxygen atoms in total. The predicted molar refractivity (Wildman–Crippen MR) is 104 cm³/mol. The van der Waals surface area contributed by atoms with E-state index >= 15 is 0 Å². The van der Waals surface area contributed by atoms with Gasteiger partial charge in [-0.3, -0.25) is 9.59 Å². The number of esters is 1. The minimum atomic E-state index is -0.213. The van der Waals surface area contributed by atoms with Crippen LogP contribution in [0.4, 0.5) is 0 Å². The van der Waals surface area contributed by atoms with Crippen molar-refractivity contribution >= 4 is 23.0 Å². The number of nitrogens with zero attached hydrogens (tertiary/aromatic N) is 3. The maximum atomic E-state index is 12.5. The Bertz CT molecular complexity index is 993. The van der Waals surface area contributed by atoms with E-state index < -0.39 is 0 Å². The summed E-state index contributed by atoms with van der Waals surface area (Å²) in [5, 5.41) is 2.94. The van der Waals surface area contributed by atoms with Gasteiger partial charge >= 0.3 is 5.97 Å². The molecular weight excluding hydrogens is 356 g/mol. The number of amides is 1. The average Bonchev–Trinajstić information content (AvgIpc) is 3.11. The third-order valence-electron chi connectivity index (χ3n) is 5.21. The molecule has 0 bridgehead atoms. The third-order valence-corrected chi connectivity index (χ3v) is 5.21. The van der Waals surface area contributed by atoms with Gasteiger partial charge in [0.05, 0.1) is 24.9 Å². The van der Waals surface area contributed by atoms with Crippen LogP contribution in [-0.2, 0) is 22.5 Å². The Hall–Kier alpha value is -3.22. The molecule has 3 aromatic rings. The van der Waals surface area contributed by atoms with Crippen molar-refractivity contribution in [1.29, 1.82) is 0 Å². The molecule has 1 N–H and O–H groups in total. The molecule has 1 aliphatic rings. The summed E-state index contributed by atoms with van der Waals surface area (Å²) < 4.78 is 6.72. The molecule has 7 heteroatoms. The Morgan fingerprint density at radius 2 is 2.00 bits per heavy atom. The van der Waals surface area contributed by atoms with E-state index in [0.717, 1.165) is 18.6 Å². The number of aromatic nitrogens is 3. The van der Waals surface area contributed by atoms with Crippen molar-refractivity contribution in [2.75, 3.05) is 7.11 Å². The lowest BCUT2D eigenvalue weighted by molar-refractivity contribution is -0.149. The molecule has 4 rings (SSSR count). The summed E-state index contributed by atoms with van der Waals surface area (Å²) in [6.45, 7) is 0.774. The van der Waals surface area contributed by atoms with Crippen LogP contribution in [0.15, 0.2) is 48.9 Å². The van der Waals surface area contributed by atoms with Crippen LogP contribution in [0, 0.1) is 5.92 Å². The number of hydrogen-bond donors (Lipinski definition) is 1. The standard InChI is InChI=1S/C21H22N4O3/c1-28-21(27)15-9-17(10-15)24-20(26)16-11-18-19(22-12-16)25(13-23-18)8-7-14-5-3-2-4-6-14/h2-6,11-13,15,17H,7-10H2,1H3,(H,24,26). The first-order chi connectivity index (χ1) is 13.6. The van der Waals surface area contributed by atoms with Gasteiger partial charge in [-0.15, -0.1) is 0 Å². The largest absolute Gasteiger partial charge is 0.469 e. The maximum absolute atomic E-state index is 12.5. The van der Waals surface area contributed by atoms with Crippen LogP contribution in [0.1, 0.15) is 28.8 Å². The Kier molecular flexibility index (Phi) is 5.06. The van der Waals surface area contributed by atoms with Crippen molar-refractivity contribution in [1.82, 2.24) is 19.9 Å². The Balaban J connectivity index is 1.38. The summed E-state index contributed by atoms with van der Waals surface area (Å²) >= 11 is 0. The molecule has 144 valence electrons. The molecule has 0 spiro atoms. The lowest BCUT2D eigenvalue weighted by atomic mass is 9.80. The van der Waals surface area contributed by atoms with Crippen molar-refractivity contribution in [3.05, 3.63) is 60.0 Å². The summed E-state index contributed by atoms with van der Waals surface area (Å²) in [7, 11) is 1.38. The number of benzene rings is 1. The van der Waals surface area contributed by atoms with E-state index in [4.69, 9.17) is 4.74 Å². The molecule has 0 atom stereocenters. The first kappa shape index (κ1) is 18.2. The first-order valence-electron chi connectivity index (χ1n) is 9.37. The Morgan fingerprint density at radius 1 is 1.21 bits per heavy atom. The zero-order chi connectivity index (χ0) is 19.5. The van der Waals surface area contributed by atoms with E-state index in [9.17, 15) is 9.59 Å². The van der Waals surface area contributed by atoms with E-state index in [1.807, 2.05) is 22.8 Å². The number of methoxy groups -OCH3 is 1. The average molecular weight is 378 g/mol. The molecule has 1 aliphatic carbocycles. The fourth-order valence-electron chi connectivity index (χ4n) is 3.49. The normalized spacial score (nSPS) is 18.5. The summed E-state index contributed by atoms with van der Waals surface area (Å²) in [6.07, 6.45) is 5.45. The first-order valence-corrected chi connectivity index (χ1v) is 9.37. The van der Waals surface area contributed by atoms with Crippen LogP contribution in [0.25, 0.3) is 11.2 Å². The van der Waals surface area contributed by atoms with Crippen molar-refractivity contribution in [2.24, 2.45) is 5.92 Å². The highest BCUT2D eigenvalue weighted by atomic mass is 16.5. The molecule has 1 aromatic carbocycles. The maximum Gasteiger partial charge on any atom is 0.308 e. The van der Waals surface area contributed by atoms with Crippen molar-refractivity contribution in [2.45, 2.75) is 31.8 Å². The van der Waals surface area contributed by atoms with Gasteiger partial charge in [0.15, 0.2) is 5.65 Å². The van der Waals surface area contributed by atoms with Gasteiger partial charge in [-0.05, 0) is 30.9 Å². The number of fused-ring (bicyclic) bond motifs is 1. The monoisotopic (exact) mass is 378 g/mol. The van der Waals surface area contributed by atoms with Crippen LogP contribution < -0.4 is 5.32 Å². The minimum Gasteiger partial charge on any atom is -0.469 e. The quantitative estimate of drug-likeness (QED) is 0.666. The number of rotatable bonds is 6. The summed E-state index contributed by atoms with van der Waals surface area (Å²) in [6, 6.07) is 12.0.